The minimum atomic E-state index is -1.87. The van der Waals surface area contributed by atoms with Gasteiger partial charge in [0.25, 0.3) is 0 Å². The zero-order valence-corrected chi connectivity index (χ0v) is 17.5. The lowest BCUT2D eigenvalue weighted by Gasteiger charge is -2.47. The highest BCUT2D eigenvalue weighted by Gasteiger charge is 2.47. The summed E-state index contributed by atoms with van der Waals surface area (Å²) in [6.45, 7) is 22.9. The Morgan fingerprint density at radius 1 is 1.00 bits per heavy atom. The minimum Gasteiger partial charge on any atom is -0.416 e. The van der Waals surface area contributed by atoms with E-state index in [0.717, 1.165) is 6.42 Å². The van der Waals surface area contributed by atoms with Gasteiger partial charge in [0.15, 0.2) is 9.04 Å². The monoisotopic (exact) mass is 306 g/mol. The van der Waals surface area contributed by atoms with E-state index in [1.165, 1.54) is 0 Å². The zero-order chi connectivity index (χ0) is 14.8. The van der Waals surface area contributed by atoms with Crippen molar-refractivity contribution in [2.24, 2.45) is 0 Å². The van der Waals surface area contributed by atoms with Crippen molar-refractivity contribution in [3.05, 3.63) is 0 Å². The van der Waals surface area contributed by atoms with Gasteiger partial charge in [-0.15, -0.1) is 0 Å². The summed E-state index contributed by atoms with van der Waals surface area (Å²) in [6.07, 6.45) is 1.11. The summed E-state index contributed by atoms with van der Waals surface area (Å²) in [5, 5.41) is 0.0159. The highest BCUT2D eigenvalue weighted by atomic mass is 28.4. The average molecular weight is 307 g/mol. The fraction of sp³-hybridized carbons (Fsp3) is 1.00. The van der Waals surface area contributed by atoms with Gasteiger partial charge >= 0.3 is 0 Å². The molecule has 0 saturated heterocycles. The molecule has 0 radical (unpaired) electrons. The maximum absolute atomic E-state index is 6.70. The second-order valence-electron chi connectivity index (χ2n) is 7.11. The summed E-state index contributed by atoms with van der Waals surface area (Å²) < 4.78 is 13.0. The minimum absolute atomic E-state index is 0.0902. The third-order valence-electron chi connectivity index (χ3n) is 4.39. The molecule has 110 valence electrons. The largest absolute Gasteiger partial charge is 0.416 e. The maximum Gasteiger partial charge on any atom is 0.216 e. The van der Waals surface area contributed by atoms with E-state index in [4.69, 9.17) is 8.85 Å². The molecular formula is C13H34O2Si3. The molecule has 0 aliphatic carbocycles. The van der Waals surface area contributed by atoms with Gasteiger partial charge in [-0.05, 0) is 53.4 Å². The van der Waals surface area contributed by atoms with Crippen LogP contribution in [-0.2, 0) is 8.85 Å². The molecule has 0 N–H and O–H groups in total. The third-order valence-corrected chi connectivity index (χ3v) is 12.9. The third kappa shape index (κ3) is 4.59. The Morgan fingerprint density at radius 2 is 1.44 bits per heavy atom. The van der Waals surface area contributed by atoms with E-state index in [0.29, 0.717) is 0 Å². The molecule has 1 atom stereocenters. The van der Waals surface area contributed by atoms with Gasteiger partial charge < -0.3 is 8.85 Å². The lowest BCUT2D eigenvalue weighted by Crippen LogP contribution is -2.61. The number of hydrogen-bond acceptors (Lipinski definition) is 2. The fourth-order valence-electron chi connectivity index (χ4n) is 2.04. The van der Waals surface area contributed by atoms with E-state index in [9.17, 15) is 0 Å². The Balaban J connectivity index is 5.03. The summed E-state index contributed by atoms with van der Waals surface area (Å²) in [4.78, 5) is 0. The van der Waals surface area contributed by atoms with E-state index >= 15 is 0 Å². The van der Waals surface area contributed by atoms with Crippen LogP contribution in [0.2, 0.25) is 39.3 Å². The van der Waals surface area contributed by atoms with Gasteiger partial charge in [-0.2, -0.15) is 0 Å². The SMILES string of the molecule is CCC(C)(O[Si](C)(C)C(C)(C)O[SiH](C)C)[SiH](C)C. The van der Waals surface area contributed by atoms with E-state index in [1.54, 1.807) is 0 Å². The highest BCUT2D eigenvalue weighted by molar-refractivity contribution is 6.76. The van der Waals surface area contributed by atoms with Crippen molar-refractivity contribution >= 4 is 26.2 Å². The molecule has 0 heterocycles. The number of hydrogen-bond donors (Lipinski definition) is 0. The molecule has 0 aromatic carbocycles. The maximum atomic E-state index is 6.70. The predicted octanol–water partition coefficient (Wildman–Crippen LogP) is 3.72. The summed E-state index contributed by atoms with van der Waals surface area (Å²) >= 11 is 0. The first-order valence-corrected chi connectivity index (χ1v) is 15.8. The van der Waals surface area contributed by atoms with Gasteiger partial charge in [-0.25, -0.2) is 0 Å². The van der Waals surface area contributed by atoms with Gasteiger partial charge in [0.05, 0.1) is 14.0 Å². The van der Waals surface area contributed by atoms with Gasteiger partial charge in [0.1, 0.15) is 0 Å². The Kier molecular flexibility index (Phi) is 6.55. The van der Waals surface area contributed by atoms with E-state index < -0.39 is 26.2 Å². The second kappa shape index (κ2) is 6.35. The molecule has 2 nitrogen and oxygen atoms in total. The van der Waals surface area contributed by atoms with Crippen LogP contribution in [0, 0.1) is 0 Å². The standard InChI is InChI=1S/C13H34O2Si3/c1-11-13(4,16(5)6)15-18(9,10)12(2,3)14-17(7)8/h16-17H,11H2,1-10H3. The van der Waals surface area contributed by atoms with Crippen molar-refractivity contribution in [3.63, 3.8) is 0 Å². The summed E-state index contributed by atoms with van der Waals surface area (Å²) in [6, 6.07) is 0. The van der Waals surface area contributed by atoms with E-state index in [-0.39, 0.29) is 10.4 Å². The molecule has 0 rings (SSSR count). The van der Waals surface area contributed by atoms with Gasteiger partial charge in [0.2, 0.25) is 8.32 Å². The molecule has 0 aliphatic rings. The normalized spacial score (nSPS) is 17.3. The first-order chi connectivity index (χ1) is 7.88. The summed E-state index contributed by atoms with van der Waals surface area (Å²) in [5.74, 6) is 0. The topological polar surface area (TPSA) is 18.5 Å². The van der Waals surface area contributed by atoms with Crippen molar-refractivity contribution in [2.45, 2.75) is 83.8 Å². The van der Waals surface area contributed by atoms with Crippen LogP contribution >= 0.6 is 0 Å². The van der Waals surface area contributed by atoms with Crippen LogP contribution < -0.4 is 0 Å². The molecule has 0 fully saturated rings. The molecule has 0 aromatic rings. The van der Waals surface area contributed by atoms with Crippen LogP contribution in [0.25, 0.3) is 0 Å². The lowest BCUT2D eigenvalue weighted by molar-refractivity contribution is 0.0950. The first kappa shape index (κ1) is 18.6. The molecule has 0 bridgehead atoms. The average Bonchev–Trinajstić information content (AvgIpc) is 2.14. The summed E-state index contributed by atoms with van der Waals surface area (Å²) in [7, 11) is -3.74. The van der Waals surface area contributed by atoms with Gasteiger partial charge in [-0.3, -0.25) is 0 Å². The van der Waals surface area contributed by atoms with E-state index in [2.05, 4.69) is 67.0 Å². The van der Waals surface area contributed by atoms with Crippen LogP contribution in [0.5, 0.6) is 0 Å². The molecule has 0 aliphatic heterocycles. The molecule has 0 saturated carbocycles. The molecule has 5 heteroatoms. The van der Waals surface area contributed by atoms with Gasteiger partial charge in [0, 0.05) is 5.22 Å². The van der Waals surface area contributed by atoms with Crippen molar-refractivity contribution in [3.8, 4) is 0 Å². The van der Waals surface area contributed by atoms with E-state index in [1.807, 2.05) is 0 Å². The first-order valence-electron chi connectivity index (χ1n) is 7.26. The fourth-order valence-corrected chi connectivity index (χ4v) is 9.26. The smallest absolute Gasteiger partial charge is 0.216 e. The molecule has 0 spiro atoms. The van der Waals surface area contributed by atoms with Crippen molar-refractivity contribution in [1.82, 2.24) is 0 Å². The van der Waals surface area contributed by atoms with Crippen molar-refractivity contribution in [1.29, 1.82) is 0 Å². The quantitative estimate of drug-likeness (QED) is 0.667. The molecule has 0 amide bonds. The Labute approximate surface area is 119 Å². The molecule has 0 aromatic heterocycles. The predicted molar refractivity (Wildman–Crippen MR) is 90.2 cm³/mol. The van der Waals surface area contributed by atoms with Crippen molar-refractivity contribution < 1.29 is 8.85 Å². The summed E-state index contributed by atoms with van der Waals surface area (Å²) in [5.41, 5.74) is 0. The lowest BCUT2D eigenvalue weighted by atomic mass is 10.3. The van der Waals surface area contributed by atoms with Crippen LogP contribution in [0.4, 0.5) is 0 Å². The highest BCUT2D eigenvalue weighted by Crippen LogP contribution is 2.33. The van der Waals surface area contributed by atoms with Gasteiger partial charge in [-0.1, -0.05) is 20.0 Å². The van der Waals surface area contributed by atoms with Crippen LogP contribution in [0.1, 0.15) is 34.1 Å². The van der Waals surface area contributed by atoms with Crippen molar-refractivity contribution in [2.75, 3.05) is 0 Å². The van der Waals surface area contributed by atoms with Crippen LogP contribution in [0.15, 0.2) is 0 Å². The Hall–Kier alpha value is 0.571. The Morgan fingerprint density at radius 3 is 1.72 bits per heavy atom. The Bertz CT molecular complexity index is 265. The number of rotatable bonds is 7. The second-order valence-corrected chi connectivity index (χ2v) is 17.4. The molecule has 18 heavy (non-hydrogen) atoms. The zero-order valence-electron chi connectivity index (χ0n) is 14.2. The van der Waals surface area contributed by atoms with Crippen LogP contribution in [0.3, 0.4) is 0 Å². The molecular weight excluding hydrogens is 272 g/mol. The van der Waals surface area contributed by atoms with Crippen LogP contribution in [-0.4, -0.2) is 36.6 Å². The molecule has 1 unspecified atom stereocenters.